The number of pyridine rings is 1. The maximum atomic E-state index is 12.1. The van der Waals surface area contributed by atoms with Crippen LogP contribution in [0.4, 0.5) is 11.4 Å². The number of aromatic nitrogens is 1. The van der Waals surface area contributed by atoms with Crippen molar-refractivity contribution in [2.24, 2.45) is 0 Å². The Balaban J connectivity index is 1.84. The minimum absolute atomic E-state index is 0.0526. The molecule has 2 amide bonds. The molecule has 0 aliphatic carbocycles. The fourth-order valence-corrected chi connectivity index (χ4v) is 2.45. The summed E-state index contributed by atoms with van der Waals surface area (Å²) >= 11 is 0. The molecule has 0 spiro atoms. The Bertz CT molecular complexity index is 734. The maximum Gasteiger partial charge on any atom is 0.286 e. The molecule has 132 valence electrons. The van der Waals surface area contributed by atoms with E-state index >= 15 is 0 Å². The number of carbonyl (C=O) groups is 2. The van der Waals surface area contributed by atoms with Crippen molar-refractivity contribution in [1.82, 2.24) is 5.32 Å². The number of para-hydroxylation sites is 1. The molecule has 0 radical (unpaired) electrons. The van der Waals surface area contributed by atoms with E-state index in [0.717, 1.165) is 22.5 Å². The van der Waals surface area contributed by atoms with Crippen LogP contribution in [0.2, 0.25) is 0 Å². The molecule has 0 bridgehead atoms. The zero-order chi connectivity index (χ0) is 18.4. The van der Waals surface area contributed by atoms with Crippen molar-refractivity contribution in [3.8, 4) is 0 Å². The SMILES string of the molecule is Cc1cccc(C)c1NC(=O)CNC(=O)C[n+]1ccc(N(C)C)cc1. The van der Waals surface area contributed by atoms with Crippen LogP contribution < -0.4 is 20.1 Å². The number of hydrogen-bond donors (Lipinski definition) is 2. The molecule has 1 aromatic carbocycles. The Morgan fingerprint density at radius 2 is 1.60 bits per heavy atom. The highest BCUT2D eigenvalue weighted by atomic mass is 16.2. The van der Waals surface area contributed by atoms with Crippen molar-refractivity contribution in [2.75, 3.05) is 30.9 Å². The molecule has 0 fully saturated rings. The van der Waals surface area contributed by atoms with Gasteiger partial charge in [-0.2, -0.15) is 4.57 Å². The highest BCUT2D eigenvalue weighted by Gasteiger charge is 2.12. The average molecular weight is 341 g/mol. The van der Waals surface area contributed by atoms with Crippen molar-refractivity contribution in [2.45, 2.75) is 20.4 Å². The molecule has 0 unspecified atom stereocenters. The van der Waals surface area contributed by atoms with Crippen LogP contribution in [0.5, 0.6) is 0 Å². The van der Waals surface area contributed by atoms with E-state index in [0.29, 0.717) is 0 Å². The van der Waals surface area contributed by atoms with Gasteiger partial charge in [0.05, 0.1) is 6.54 Å². The summed E-state index contributed by atoms with van der Waals surface area (Å²) in [7, 11) is 3.92. The van der Waals surface area contributed by atoms with Gasteiger partial charge in [0.15, 0.2) is 12.4 Å². The summed E-state index contributed by atoms with van der Waals surface area (Å²) < 4.78 is 1.77. The monoisotopic (exact) mass is 341 g/mol. The molecule has 1 aromatic heterocycles. The standard InChI is InChI=1S/C19H24N4O2/c1-14-6-5-7-15(2)19(14)21-17(24)12-20-18(25)13-23-10-8-16(9-11-23)22(3)4/h5-11H,12-13H2,1-4H3,(H-,20,21,24,25)/p+1. The number of hydrogen-bond acceptors (Lipinski definition) is 3. The summed E-state index contributed by atoms with van der Waals surface area (Å²) in [5.41, 5.74) is 3.85. The Morgan fingerprint density at radius 3 is 2.16 bits per heavy atom. The Kier molecular flexibility index (Phi) is 6.11. The van der Waals surface area contributed by atoms with Crippen molar-refractivity contribution in [3.05, 3.63) is 53.9 Å². The van der Waals surface area contributed by atoms with Crippen molar-refractivity contribution < 1.29 is 14.2 Å². The molecule has 0 aliphatic heterocycles. The molecule has 0 atom stereocenters. The second kappa shape index (κ2) is 8.28. The number of aryl methyl sites for hydroxylation is 2. The molecular weight excluding hydrogens is 316 g/mol. The van der Waals surface area contributed by atoms with E-state index in [9.17, 15) is 9.59 Å². The molecule has 25 heavy (non-hydrogen) atoms. The highest BCUT2D eigenvalue weighted by Crippen LogP contribution is 2.18. The van der Waals surface area contributed by atoms with Gasteiger partial charge in [0, 0.05) is 37.6 Å². The minimum Gasteiger partial charge on any atom is -0.377 e. The lowest BCUT2D eigenvalue weighted by atomic mass is 10.1. The second-order valence-corrected chi connectivity index (χ2v) is 6.21. The van der Waals surface area contributed by atoms with Crippen LogP contribution in [0.15, 0.2) is 42.7 Å². The average Bonchev–Trinajstić information content (AvgIpc) is 2.57. The fourth-order valence-electron chi connectivity index (χ4n) is 2.45. The van der Waals surface area contributed by atoms with Gasteiger partial charge >= 0.3 is 0 Å². The Labute approximate surface area is 148 Å². The van der Waals surface area contributed by atoms with E-state index in [1.807, 2.05) is 75.6 Å². The van der Waals surface area contributed by atoms with E-state index in [4.69, 9.17) is 0 Å². The molecule has 2 N–H and O–H groups in total. The van der Waals surface area contributed by atoms with Crippen LogP contribution in [0.25, 0.3) is 0 Å². The van der Waals surface area contributed by atoms with Crippen molar-refractivity contribution >= 4 is 23.2 Å². The molecule has 2 aromatic rings. The summed E-state index contributed by atoms with van der Waals surface area (Å²) in [6.45, 7) is 4.00. The molecule has 6 heteroatoms. The molecule has 2 rings (SSSR count). The van der Waals surface area contributed by atoms with E-state index < -0.39 is 0 Å². The van der Waals surface area contributed by atoms with E-state index in [2.05, 4.69) is 10.6 Å². The minimum atomic E-state index is -0.237. The molecular formula is C19H25N4O2+. The first-order valence-corrected chi connectivity index (χ1v) is 8.16. The van der Waals surface area contributed by atoms with E-state index in [1.165, 1.54) is 0 Å². The van der Waals surface area contributed by atoms with Crippen LogP contribution in [0, 0.1) is 13.8 Å². The number of carbonyl (C=O) groups excluding carboxylic acids is 2. The lowest BCUT2D eigenvalue weighted by molar-refractivity contribution is -0.684. The lowest BCUT2D eigenvalue weighted by Crippen LogP contribution is -2.44. The third-order valence-corrected chi connectivity index (χ3v) is 3.91. The van der Waals surface area contributed by atoms with Crippen LogP contribution in [0.3, 0.4) is 0 Å². The van der Waals surface area contributed by atoms with Crippen LogP contribution in [-0.2, 0) is 16.1 Å². The first-order valence-electron chi connectivity index (χ1n) is 8.16. The van der Waals surface area contributed by atoms with E-state index in [-0.39, 0.29) is 24.9 Å². The summed E-state index contributed by atoms with van der Waals surface area (Å²) in [5.74, 6) is -0.446. The first-order chi connectivity index (χ1) is 11.9. The maximum absolute atomic E-state index is 12.1. The van der Waals surface area contributed by atoms with Gasteiger partial charge in [0.25, 0.3) is 5.91 Å². The first kappa shape index (κ1) is 18.4. The molecule has 0 aliphatic rings. The predicted octanol–water partition coefficient (Wildman–Crippen LogP) is 1.41. The van der Waals surface area contributed by atoms with Gasteiger partial charge in [0.2, 0.25) is 12.5 Å². The number of nitrogens with one attached hydrogen (secondary N) is 2. The third kappa shape index (κ3) is 5.31. The molecule has 0 saturated heterocycles. The topological polar surface area (TPSA) is 65.3 Å². The zero-order valence-corrected chi connectivity index (χ0v) is 15.2. The van der Waals surface area contributed by atoms with Crippen molar-refractivity contribution in [3.63, 3.8) is 0 Å². The zero-order valence-electron chi connectivity index (χ0n) is 15.2. The van der Waals surface area contributed by atoms with Gasteiger partial charge in [0.1, 0.15) is 0 Å². The smallest absolute Gasteiger partial charge is 0.286 e. The number of benzene rings is 1. The van der Waals surface area contributed by atoms with Crippen LogP contribution >= 0.6 is 0 Å². The lowest BCUT2D eigenvalue weighted by Gasteiger charge is -2.12. The number of nitrogens with zero attached hydrogens (tertiary/aromatic N) is 2. The summed E-state index contributed by atoms with van der Waals surface area (Å²) in [6.07, 6.45) is 3.68. The van der Waals surface area contributed by atoms with Crippen LogP contribution in [0.1, 0.15) is 11.1 Å². The number of rotatable bonds is 6. The molecule has 1 heterocycles. The predicted molar refractivity (Wildman–Crippen MR) is 98.5 cm³/mol. The third-order valence-electron chi connectivity index (χ3n) is 3.91. The van der Waals surface area contributed by atoms with E-state index in [1.54, 1.807) is 4.57 Å². The quantitative estimate of drug-likeness (QED) is 0.781. The van der Waals surface area contributed by atoms with Gasteiger partial charge in [-0.25, -0.2) is 0 Å². The van der Waals surface area contributed by atoms with Gasteiger partial charge in [-0.3, -0.25) is 9.59 Å². The summed E-state index contributed by atoms with van der Waals surface area (Å²) in [6, 6.07) is 9.69. The van der Waals surface area contributed by atoms with Gasteiger partial charge in [-0.1, -0.05) is 18.2 Å². The molecule has 0 saturated carbocycles. The summed E-state index contributed by atoms with van der Waals surface area (Å²) in [5, 5.41) is 5.50. The largest absolute Gasteiger partial charge is 0.377 e. The fraction of sp³-hybridized carbons (Fsp3) is 0.316. The number of anilines is 2. The number of amides is 2. The summed E-state index contributed by atoms with van der Waals surface area (Å²) in [4.78, 5) is 26.0. The Hall–Kier alpha value is -2.89. The van der Waals surface area contributed by atoms with Gasteiger partial charge < -0.3 is 15.5 Å². The van der Waals surface area contributed by atoms with Crippen molar-refractivity contribution in [1.29, 1.82) is 0 Å². The Morgan fingerprint density at radius 1 is 1.00 bits per heavy atom. The molecule has 6 nitrogen and oxygen atoms in total. The second-order valence-electron chi connectivity index (χ2n) is 6.21. The van der Waals surface area contributed by atoms with Crippen LogP contribution in [-0.4, -0.2) is 32.5 Å². The van der Waals surface area contributed by atoms with Gasteiger partial charge in [-0.15, -0.1) is 0 Å². The van der Waals surface area contributed by atoms with Gasteiger partial charge in [-0.05, 0) is 25.0 Å². The highest BCUT2D eigenvalue weighted by molar-refractivity contribution is 5.95. The normalized spacial score (nSPS) is 10.2.